The van der Waals surface area contributed by atoms with E-state index in [-0.39, 0.29) is 23.6 Å². The van der Waals surface area contributed by atoms with Crippen molar-refractivity contribution >= 4 is 11.9 Å². The van der Waals surface area contributed by atoms with Crippen molar-refractivity contribution in [3.8, 4) is 5.75 Å². The van der Waals surface area contributed by atoms with Crippen LogP contribution in [0.5, 0.6) is 5.75 Å². The zero-order chi connectivity index (χ0) is 15.1. The highest BCUT2D eigenvalue weighted by Gasteiger charge is 2.17. The molecule has 0 aliphatic heterocycles. The molecular weight excluding hydrogens is 258 g/mol. The maximum absolute atomic E-state index is 12.2. The quantitative estimate of drug-likeness (QED) is 0.802. The van der Waals surface area contributed by atoms with Crippen molar-refractivity contribution < 1.29 is 19.8 Å². The molecule has 0 radical (unpaired) electrons. The summed E-state index contributed by atoms with van der Waals surface area (Å²) in [5, 5.41) is 18.6. The number of carboxylic acids is 1. The number of hydrogen-bond donors (Lipinski definition) is 2. The predicted octanol–water partition coefficient (Wildman–Crippen LogP) is 2.28. The molecule has 110 valence electrons. The highest BCUT2D eigenvalue weighted by Crippen LogP contribution is 2.18. The highest BCUT2D eigenvalue weighted by molar-refractivity contribution is 5.92. The normalized spacial score (nSPS) is 10.3. The van der Waals surface area contributed by atoms with Crippen molar-refractivity contribution in [1.29, 1.82) is 0 Å². The first-order valence-corrected chi connectivity index (χ1v) is 6.82. The van der Waals surface area contributed by atoms with E-state index in [0.29, 0.717) is 18.7 Å². The van der Waals surface area contributed by atoms with Crippen LogP contribution >= 0.6 is 0 Å². The Morgan fingerprint density at radius 1 is 1.15 bits per heavy atom. The molecule has 1 amide bonds. The number of carbonyl (C=O) groups is 2. The van der Waals surface area contributed by atoms with Crippen LogP contribution in [-0.2, 0) is 11.2 Å². The number of benzene rings is 1. The second-order valence-electron chi connectivity index (χ2n) is 4.70. The average Bonchev–Trinajstić information content (AvgIpc) is 2.38. The first-order chi connectivity index (χ1) is 9.49. The largest absolute Gasteiger partial charge is 0.508 e. The highest BCUT2D eigenvalue weighted by atomic mass is 16.4. The van der Waals surface area contributed by atoms with Gasteiger partial charge in [-0.05, 0) is 36.6 Å². The molecule has 0 heterocycles. The van der Waals surface area contributed by atoms with Crippen LogP contribution in [-0.4, -0.2) is 40.1 Å². The monoisotopic (exact) mass is 279 g/mol. The molecule has 0 saturated carbocycles. The second-order valence-corrected chi connectivity index (χ2v) is 4.70. The first kappa shape index (κ1) is 16.0. The molecule has 1 aromatic carbocycles. The van der Waals surface area contributed by atoms with E-state index in [0.717, 1.165) is 12.8 Å². The number of aromatic carboxylic acids is 1. The summed E-state index contributed by atoms with van der Waals surface area (Å²) in [5.74, 6) is -1.23. The lowest BCUT2D eigenvalue weighted by Gasteiger charge is -2.21. The number of phenols is 1. The Hall–Kier alpha value is -2.04. The van der Waals surface area contributed by atoms with Crippen LogP contribution in [0.3, 0.4) is 0 Å². The molecule has 0 unspecified atom stereocenters. The molecule has 0 spiro atoms. The standard InChI is InChI=1S/C15H21NO4/c1-3-7-16(8-4-2)14(18)10-11-9-12(17)5-6-13(11)15(19)20/h5-6,9,17H,3-4,7-8,10H2,1-2H3,(H,19,20). The van der Waals surface area contributed by atoms with Crippen molar-refractivity contribution in [1.82, 2.24) is 4.90 Å². The minimum Gasteiger partial charge on any atom is -0.508 e. The second kappa shape index (κ2) is 7.53. The molecule has 0 aliphatic carbocycles. The topological polar surface area (TPSA) is 77.8 Å². The lowest BCUT2D eigenvalue weighted by atomic mass is 10.0. The number of phenolic OH excluding ortho intramolecular Hbond substituents is 1. The Balaban J connectivity index is 2.93. The Morgan fingerprint density at radius 3 is 2.25 bits per heavy atom. The molecule has 1 rings (SSSR count). The smallest absolute Gasteiger partial charge is 0.335 e. The van der Waals surface area contributed by atoms with Gasteiger partial charge in [0, 0.05) is 13.1 Å². The fourth-order valence-corrected chi connectivity index (χ4v) is 2.11. The zero-order valence-corrected chi connectivity index (χ0v) is 11.9. The summed E-state index contributed by atoms with van der Waals surface area (Å²) in [7, 11) is 0. The molecule has 1 aromatic rings. The van der Waals surface area contributed by atoms with Gasteiger partial charge in [0.1, 0.15) is 5.75 Å². The van der Waals surface area contributed by atoms with Crippen molar-refractivity contribution in [3.63, 3.8) is 0 Å². The first-order valence-electron chi connectivity index (χ1n) is 6.82. The van der Waals surface area contributed by atoms with Gasteiger partial charge in [-0.2, -0.15) is 0 Å². The van der Waals surface area contributed by atoms with Crippen LogP contribution in [0.2, 0.25) is 0 Å². The molecule has 0 aliphatic rings. The Kier molecular flexibility index (Phi) is 6.03. The Labute approximate surface area is 118 Å². The summed E-state index contributed by atoms with van der Waals surface area (Å²) < 4.78 is 0. The van der Waals surface area contributed by atoms with Crippen molar-refractivity contribution in [2.24, 2.45) is 0 Å². The molecular formula is C15H21NO4. The third-order valence-corrected chi connectivity index (χ3v) is 3.00. The molecule has 0 bridgehead atoms. The van der Waals surface area contributed by atoms with Gasteiger partial charge >= 0.3 is 5.97 Å². The predicted molar refractivity (Wildman–Crippen MR) is 75.9 cm³/mol. The summed E-state index contributed by atoms with van der Waals surface area (Å²) >= 11 is 0. The number of hydrogen-bond acceptors (Lipinski definition) is 3. The van der Waals surface area contributed by atoms with E-state index in [1.807, 2.05) is 13.8 Å². The third-order valence-electron chi connectivity index (χ3n) is 3.00. The van der Waals surface area contributed by atoms with E-state index < -0.39 is 5.97 Å². The molecule has 0 aromatic heterocycles. The summed E-state index contributed by atoms with van der Waals surface area (Å²) in [6.07, 6.45) is 1.71. The van der Waals surface area contributed by atoms with Gasteiger partial charge in [0.05, 0.1) is 12.0 Å². The van der Waals surface area contributed by atoms with Crippen molar-refractivity contribution in [2.75, 3.05) is 13.1 Å². The van der Waals surface area contributed by atoms with Gasteiger partial charge < -0.3 is 15.1 Å². The summed E-state index contributed by atoms with van der Waals surface area (Å²) in [4.78, 5) is 25.1. The van der Waals surface area contributed by atoms with E-state index in [2.05, 4.69) is 0 Å². The number of carbonyl (C=O) groups excluding carboxylic acids is 1. The number of carboxylic acid groups (broad SMARTS) is 1. The van der Waals surface area contributed by atoms with E-state index in [4.69, 9.17) is 5.11 Å². The van der Waals surface area contributed by atoms with E-state index >= 15 is 0 Å². The number of rotatable bonds is 7. The van der Waals surface area contributed by atoms with Crippen LogP contribution in [0.4, 0.5) is 0 Å². The van der Waals surface area contributed by atoms with Crippen LogP contribution < -0.4 is 0 Å². The maximum atomic E-state index is 12.2. The number of aromatic hydroxyl groups is 1. The molecule has 0 fully saturated rings. The molecule has 0 atom stereocenters. The number of amides is 1. The Morgan fingerprint density at radius 2 is 1.75 bits per heavy atom. The van der Waals surface area contributed by atoms with Crippen LogP contribution in [0.25, 0.3) is 0 Å². The molecule has 5 heteroatoms. The van der Waals surface area contributed by atoms with Gasteiger partial charge in [0.2, 0.25) is 5.91 Å². The zero-order valence-electron chi connectivity index (χ0n) is 11.9. The SMILES string of the molecule is CCCN(CCC)C(=O)Cc1cc(O)ccc1C(=O)O. The van der Waals surface area contributed by atoms with Gasteiger partial charge in [-0.1, -0.05) is 13.8 Å². The van der Waals surface area contributed by atoms with Gasteiger partial charge in [-0.15, -0.1) is 0 Å². The lowest BCUT2D eigenvalue weighted by molar-refractivity contribution is -0.130. The summed E-state index contributed by atoms with van der Waals surface area (Å²) in [6.45, 7) is 5.31. The molecule has 2 N–H and O–H groups in total. The van der Waals surface area contributed by atoms with Crippen molar-refractivity contribution in [3.05, 3.63) is 29.3 Å². The third kappa shape index (κ3) is 4.26. The van der Waals surface area contributed by atoms with E-state index in [1.165, 1.54) is 18.2 Å². The van der Waals surface area contributed by atoms with Gasteiger partial charge in [0.15, 0.2) is 0 Å². The van der Waals surface area contributed by atoms with Crippen LogP contribution in [0.15, 0.2) is 18.2 Å². The summed E-state index contributed by atoms with van der Waals surface area (Å²) in [5.41, 5.74) is 0.406. The lowest BCUT2D eigenvalue weighted by Crippen LogP contribution is -2.34. The molecule has 5 nitrogen and oxygen atoms in total. The molecule has 20 heavy (non-hydrogen) atoms. The average molecular weight is 279 g/mol. The number of nitrogens with zero attached hydrogens (tertiary/aromatic N) is 1. The fourth-order valence-electron chi connectivity index (χ4n) is 2.11. The van der Waals surface area contributed by atoms with E-state index in [9.17, 15) is 14.7 Å². The minimum atomic E-state index is -1.09. The fraction of sp³-hybridized carbons (Fsp3) is 0.467. The van der Waals surface area contributed by atoms with Gasteiger partial charge in [-0.3, -0.25) is 4.79 Å². The van der Waals surface area contributed by atoms with Crippen LogP contribution in [0, 0.1) is 0 Å². The van der Waals surface area contributed by atoms with Crippen molar-refractivity contribution in [2.45, 2.75) is 33.1 Å². The minimum absolute atomic E-state index is 0.00394. The maximum Gasteiger partial charge on any atom is 0.335 e. The van der Waals surface area contributed by atoms with Gasteiger partial charge in [-0.25, -0.2) is 4.79 Å². The van der Waals surface area contributed by atoms with Gasteiger partial charge in [0.25, 0.3) is 0 Å². The van der Waals surface area contributed by atoms with Crippen LogP contribution in [0.1, 0.15) is 42.6 Å². The molecule has 0 saturated heterocycles. The summed E-state index contributed by atoms with van der Waals surface area (Å²) in [6, 6.07) is 3.98. The Bertz CT molecular complexity index is 479. The van der Waals surface area contributed by atoms with E-state index in [1.54, 1.807) is 4.90 Å².